The summed E-state index contributed by atoms with van der Waals surface area (Å²) in [5, 5.41) is 1.70. The molecular weight excluding hydrogens is 179 g/mol. The molecule has 0 aromatic heterocycles. The summed E-state index contributed by atoms with van der Waals surface area (Å²) in [6, 6.07) is 10.4. The highest BCUT2D eigenvalue weighted by Crippen LogP contribution is 2.19. The van der Waals surface area contributed by atoms with E-state index in [1.807, 2.05) is 24.3 Å². The number of halogens is 1. The predicted molar refractivity (Wildman–Crippen MR) is 53.9 cm³/mol. The maximum atomic E-state index is 13.3. The summed E-state index contributed by atoms with van der Waals surface area (Å²) >= 11 is 0. The van der Waals surface area contributed by atoms with Crippen molar-refractivity contribution in [2.24, 2.45) is 0 Å². The second-order valence-electron chi connectivity index (χ2n) is 3.24. The summed E-state index contributed by atoms with van der Waals surface area (Å²) in [6.07, 6.45) is 0. The maximum absolute atomic E-state index is 13.3. The third-order valence-corrected chi connectivity index (χ3v) is 2.21. The SMILES string of the molecule is CC(=O)c1cc2ccccc2cc1F. The van der Waals surface area contributed by atoms with Crippen LogP contribution in [-0.2, 0) is 0 Å². The third kappa shape index (κ3) is 1.39. The molecule has 0 fully saturated rings. The van der Waals surface area contributed by atoms with E-state index in [-0.39, 0.29) is 11.3 Å². The molecule has 0 heterocycles. The molecule has 0 radical (unpaired) electrons. The van der Waals surface area contributed by atoms with Crippen molar-refractivity contribution in [2.45, 2.75) is 6.92 Å². The number of rotatable bonds is 1. The minimum Gasteiger partial charge on any atom is -0.294 e. The van der Waals surface area contributed by atoms with Gasteiger partial charge in [-0.15, -0.1) is 0 Å². The number of hydrogen-bond acceptors (Lipinski definition) is 1. The van der Waals surface area contributed by atoms with E-state index in [0.717, 1.165) is 10.8 Å². The average Bonchev–Trinajstić information content (AvgIpc) is 2.16. The summed E-state index contributed by atoms with van der Waals surface area (Å²) in [5.41, 5.74) is 0.156. The van der Waals surface area contributed by atoms with Crippen molar-refractivity contribution in [1.29, 1.82) is 0 Å². The van der Waals surface area contributed by atoms with Crippen LogP contribution in [-0.4, -0.2) is 5.78 Å². The first-order chi connectivity index (χ1) is 6.68. The van der Waals surface area contributed by atoms with Gasteiger partial charge in [-0.3, -0.25) is 4.79 Å². The number of Topliss-reactive ketones (excluding diaryl/α,β-unsaturated/α-hetero) is 1. The number of carbonyl (C=O) groups is 1. The van der Waals surface area contributed by atoms with Crippen molar-refractivity contribution in [2.75, 3.05) is 0 Å². The second-order valence-corrected chi connectivity index (χ2v) is 3.24. The van der Waals surface area contributed by atoms with Gasteiger partial charge < -0.3 is 0 Å². The number of fused-ring (bicyclic) bond motifs is 1. The average molecular weight is 188 g/mol. The normalized spacial score (nSPS) is 10.4. The molecule has 2 aromatic carbocycles. The quantitative estimate of drug-likeness (QED) is 0.628. The van der Waals surface area contributed by atoms with Gasteiger partial charge in [-0.2, -0.15) is 0 Å². The third-order valence-electron chi connectivity index (χ3n) is 2.21. The highest BCUT2D eigenvalue weighted by atomic mass is 19.1. The highest BCUT2D eigenvalue weighted by molar-refractivity contribution is 5.98. The fraction of sp³-hybridized carbons (Fsp3) is 0.0833. The number of ketones is 1. The molecule has 14 heavy (non-hydrogen) atoms. The Labute approximate surface area is 81.2 Å². The first-order valence-corrected chi connectivity index (χ1v) is 4.38. The Bertz CT molecular complexity index is 503. The van der Waals surface area contributed by atoms with Gasteiger partial charge in [-0.05, 0) is 29.8 Å². The van der Waals surface area contributed by atoms with Crippen LogP contribution < -0.4 is 0 Å². The molecule has 0 saturated heterocycles. The first kappa shape index (κ1) is 8.88. The lowest BCUT2D eigenvalue weighted by molar-refractivity contribution is 0.101. The minimum absolute atomic E-state index is 0.156. The van der Waals surface area contributed by atoms with E-state index in [2.05, 4.69) is 0 Å². The smallest absolute Gasteiger partial charge is 0.162 e. The van der Waals surface area contributed by atoms with Crippen molar-refractivity contribution < 1.29 is 9.18 Å². The number of carbonyl (C=O) groups excluding carboxylic acids is 1. The Kier molecular flexibility index (Phi) is 2.04. The molecule has 0 amide bonds. The van der Waals surface area contributed by atoms with E-state index in [1.54, 1.807) is 6.07 Å². The number of hydrogen-bond donors (Lipinski definition) is 0. The summed E-state index contributed by atoms with van der Waals surface area (Å²) < 4.78 is 13.3. The van der Waals surface area contributed by atoms with Crippen LogP contribution in [0.5, 0.6) is 0 Å². The Morgan fingerprint density at radius 3 is 2.29 bits per heavy atom. The fourth-order valence-corrected chi connectivity index (χ4v) is 1.48. The molecule has 2 heteroatoms. The van der Waals surface area contributed by atoms with Crippen molar-refractivity contribution in [3.63, 3.8) is 0 Å². The molecule has 0 unspecified atom stereocenters. The summed E-state index contributed by atoms with van der Waals surface area (Å²) in [5.74, 6) is -0.690. The topological polar surface area (TPSA) is 17.1 Å². The zero-order valence-electron chi connectivity index (χ0n) is 7.75. The van der Waals surface area contributed by atoms with Crippen LogP contribution in [0.4, 0.5) is 4.39 Å². The highest BCUT2D eigenvalue weighted by Gasteiger charge is 2.07. The van der Waals surface area contributed by atoms with Crippen LogP contribution in [0.1, 0.15) is 17.3 Å². The number of benzene rings is 2. The van der Waals surface area contributed by atoms with Crippen LogP contribution in [0.2, 0.25) is 0 Å². The lowest BCUT2D eigenvalue weighted by atomic mass is 10.0. The molecule has 1 nitrogen and oxygen atoms in total. The van der Waals surface area contributed by atoms with E-state index in [0.29, 0.717) is 0 Å². The maximum Gasteiger partial charge on any atom is 0.162 e. The molecule has 0 bridgehead atoms. The van der Waals surface area contributed by atoms with E-state index < -0.39 is 5.82 Å². The zero-order chi connectivity index (χ0) is 10.1. The molecule has 0 N–H and O–H groups in total. The Morgan fingerprint density at radius 1 is 1.14 bits per heavy atom. The Hall–Kier alpha value is -1.70. The van der Waals surface area contributed by atoms with Crippen LogP contribution in [0, 0.1) is 5.82 Å². The molecule has 0 aliphatic heterocycles. The molecular formula is C12H9FO. The van der Waals surface area contributed by atoms with Gasteiger partial charge in [0.15, 0.2) is 5.78 Å². The Morgan fingerprint density at radius 2 is 1.71 bits per heavy atom. The molecule has 2 rings (SSSR count). The first-order valence-electron chi connectivity index (χ1n) is 4.38. The van der Waals surface area contributed by atoms with Crippen LogP contribution in [0.3, 0.4) is 0 Å². The van der Waals surface area contributed by atoms with E-state index >= 15 is 0 Å². The lowest BCUT2D eigenvalue weighted by Crippen LogP contribution is -1.96. The molecule has 0 aliphatic carbocycles. The van der Waals surface area contributed by atoms with Crippen LogP contribution >= 0.6 is 0 Å². The Balaban J connectivity index is 2.77. The van der Waals surface area contributed by atoms with Crippen molar-refractivity contribution in [1.82, 2.24) is 0 Å². The minimum atomic E-state index is -0.448. The molecule has 0 atom stereocenters. The van der Waals surface area contributed by atoms with Gasteiger partial charge >= 0.3 is 0 Å². The van der Waals surface area contributed by atoms with Gasteiger partial charge in [0, 0.05) is 0 Å². The van der Waals surface area contributed by atoms with Crippen LogP contribution in [0.15, 0.2) is 36.4 Å². The standard InChI is InChI=1S/C12H9FO/c1-8(14)11-6-9-4-2-3-5-10(9)7-12(11)13/h2-7H,1H3. The zero-order valence-corrected chi connectivity index (χ0v) is 7.75. The predicted octanol–water partition coefficient (Wildman–Crippen LogP) is 3.18. The molecule has 0 saturated carbocycles. The van der Waals surface area contributed by atoms with Crippen LogP contribution in [0.25, 0.3) is 10.8 Å². The van der Waals surface area contributed by atoms with E-state index in [4.69, 9.17) is 0 Å². The van der Waals surface area contributed by atoms with Gasteiger partial charge in [-0.25, -0.2) is 4.39 Å². The molecule has 0 spiro atoms. The summed E-state index contributed by atoms with van der Waals surface area (Å²) in [6.45, 7) is 1.37. The van der Waals surface area contributed by atoms with Gasteiger partial charge in [0.2, 0.25) is 0 Å². The monoisotopic (exact) mass is 188 g/mol. The van der Waals surface area contributed by atoms with Gasteiger partial charge in [-0.1, -0.05) is 24.3 Å². The van der Waals surface area contributed by atoms with Gasteiger partial charge in [0.25, 0.3) is 0 Å². The van der Waals surface area contributed by atoms with Crippen molar-refractivity contribution >= 4 is 16.6 Å². The second kappa shape index (κ2) is 3.22. The van der Waals surface area contributed by atoms with E-state index in [1.165, 1.54) is 13.0 Å². The molecule has 70 valence electrons. The molecule has 0 aliphatic rings. The van der Waals surface area contributed by atoms with Crippen molar-refractivity contribution in [3.05, 3.63) is 47.8 Å². The fourth-order valence-electron chi connectivity index (χ4n) is 1.48. The van der Waals surface area contributed by atoms with Crippen molar-refractivity contribution in [3.8, 4) is 0 Å². The molecule has 2 aromatic rings. The largest absolute Gasteiger partial charge is 0.294 e. The summed E-state index contributed by atoms with van der Waals surface area (Å²) in [4.78, 5) is 11.1. The van der Waals surface area contributed by atoms with Gasteiger partial charge in [0.1, 0.15) is 5.82 Å². The lowest BCUT2D eigenvalue weighted by Gasteiger charge is -2.01. The van der Waals surface area contributed by atoms with E-state index in [9.17, 15) is 9.18 Å². The van der Waals surface area contributed by atoms with Gasteiger partial charge in [0.05, 0.1) is 5.56 Å². The summed E-state index contributed by atoms with van der Waals surface area (Å²) in [7, 11) is 0.